The molecule has 0 aliphatic carbocycles. The van der Waals surface area contributed by atoms with E-state index in [1.54, 1.807) is 4.90 Å². The second kappa shape index (κ2) is 9.96. The molecule has 2 aromatic rings. The van der Waals surface area contributed by atoms with Gasteiger partial charge in [-0.1, -0.05) is 18.2 Å². The number of carbonyl (C=O) groups is 2. The Morgan fingerprint density at radius 1 is 1.03 bits per heavy atom. The fourth-order valence-electron chi connectivity index (χ4n) is 3.59. The Morgan fingerprint density at radius 3 is 2.48 bits per heavy atom. The van der Waals surface area contributed by atoms with Crippen molar-refractivity contribution in [1.82, 2.24) is 9.80 Å². The predicted octanol–water partition coefficient (Wildman–Crippen LogP) is 3.59. The first-order valence-electron chi connectivity index (χ1n) is 10.5. The zero-order valence-electron chi connectivity index (χ0n) is 17.6. The van der Waals surface area contributed by atoms with Crippen molar-refractivity contribution in [1.29, 1.82) is 0 Å². The van der Waals surface area contributed by atoms with Crippen LogP contribution in [0.5, 0.6) is 11.5 Å². The van der Waals surface area contributed by atoms with E-state index in [9.17, 15) is 9.59 Å². The summed E-state index contributed by atoms with van der Waals surface area (Å²) in [4.78, 5) is 28.8. The second-order valence-electron chi connectivity index (χ2n) is 7.50. The molecule has 31 heavy (non-hydrogen) atoms. The summed E-state index contributed by atoms with van der Waals surface area (Å²) < 4.78 is 10.8. The largest absolute Gasteiger partial charge is 0.454 e. The number of ether oxygens (including phenoxy) is 2. The molecule has 0 radical (unpaired) electrons. The molecule has 3 amide bonds. The van der Waals surface area contributed by atoms with Gasteiger partial charge in [-0.3, -0.25) is 4.79 Å². The molecule has 2 aromatic carbocycles. The van der Waals surface area contributed by atoms with Crippen molar-refractivity contribution < 1.29 is 19.1 Å². The van der Waals surface area contributed by atoms with E-state index >= 15 is 0 Å². The third kappa shape index (κ3) is 5.44. The SMILES string of the molecule is CCN(Cc1ccc2c(c1)OCO2)C(=O)Nc1ccc(CC(=O)N2CCSCC2)cc1. The Hall–Kier alpha value is -2.87. The number of hydrogen-bond donors (Lipinski definition) is 1. The first-order valence-corrected chi connectivity index (χ1v) is 11.7. The van der Waals surface area contributed by atoms with Gasteiger partial charge in [0.2, 0.25) is 12.7 Å². The minimum absolute atomic E-state index is 0.165. The predicted molar refractivity (Wildman–Crippen MR) is 122 cm³/mol. The number of fused-ring (bicyclic) bond motifs is 1. The number of nitrogens with zero attached hydrogens (tertiary/aromatic N) is 2. The van der Waals surface area contributed by atoms with Gasteiger partial charge in [-0.15, -0.1) is 0 Å². The number of carbonyl (C=O) groups excluding carboxylic acids is 2. The first kappa shape index (κ1) is 21.4. The van der Waals surface area contributed by atoms with Crippen LogP contribution in [0, 0.1) is 0 Å². The summed E-state index contributed by atoms with van der Waals surface area (Å²) in [5.74, 6) is 3.63. The minimum atomic E-state index is -0.171. The number of benzene rings is 2. The molecule has 0 aromatic heterocycles. The van der Waals surface area contributed by atoms with E-state index in [0.29, 0.717) is 30.9 Å². The molecular formula is C23H27N3O4S. The Labute approximate surface area is 186 Å². The van der Waals surface area contributed by atoms with Crippen LogP contribution in [0.3, 0.4) is 0 Å². The van der Waals surface area contributed by atoms with Crippen LogP contribution in [-0.2, 0) is 17.8 Å². The maximum atomic E-state index is 12.7. The van der Waals surface area contributed by atoms with Gasteiger partial charge in [0.1, 0.15) is 0 Å². The van der Waals surface area contributed by atoms with Gasteiger partial charge >= 0.3 is 6.03 Å². The molecule has 164 valence electrons. The average Bonchev–Trinajstić information content (AvgIpc) is 3.27. The second-order valence-corrected chi connectivity index (χ2v) is 8.72. The molecule has 1 fully saturated rings. The van der Waals surface area contributed by atoms with Crippen LogP contribution in [0.25, 0.3) is 0 Å². The number of urea groups is 1. The van der Waals surface area contributed by atoms with E-state index in [-0.39, 0.29) is 18.7 Å². The maximum Gasteiger partial charge on any atom is 0.322 e. The summed E-state index contributed by atoms with van der Waals surface area (Å²) in [7, 11) is 0. The number of hydrogen-bond acceptors (Lipinski definition) is 5. The van der Waals surface area contributed by atoms with E-state index in [0.717, 1.165) is 41.5 Å². The molecule has 2 heterocycles. The van der Waals surface area contributed by atoms with Gasteiger partial charge in [-0.05, 0) is 42.3 Å². The Bertz CT molecular complexity index is 929. The fourth-order valence-corrected chi connectivity index (χ4v) is 4.50. The molecule has 2 aliphatic rings. The van der Waals surface area contributed by atoms with Crippen molar-refractivity contribution in [2.75, 3.05) is 43.2 Å². The van der Waals surface area contributed by atoms with Crippen LogP contribution in [0.1, 0.15) is 18.1 Å². The number of anilines is 1. The van der Waals surface area contributed by atoms with E-state index in [2.05, 4.69) is 5.32 Å². The normalized spacial score (nSPS) is 14.9. The van der Waals surface area contributed by atoms with E-state index in [1.165, 1.54) is 0 Å². The lowest BCUT2D eigenvalue weighted by Gasteiger charge is -2.26. The fraction of sp³-hybridized carbons (Fsp3) is 0.391. The van der Waals surface area contributed by atoms with Crippen LogP contribution in [0.15, 0.2) is 42.5 Å². The first-order chi connectivity index (χ1) is 15.1. The molecule has 4 rings (SSSR count). The van der Waals surface area contributed by atoms with Crippen LogP contribution in [0.2, 0.25) is 0 Å². The van der Waals surface area contributed by atoms with Gasteiger partial charge in [0.25, 0.3) is 0 Å². The Balaban J connectivity index is 1.32. The third-order valence-corrected chi connectivity index (χ3v) is 6.35. The van der Waals surface area contributed by atoms with Gasteiger partial charge < -0.3 is 24.6 Å². The maximum absolute atomic E-state index is 12.7. The summed E-state index contributed by atoms with van der Waals surface area (Å²) in [5.41, 5.74) is 2.64. The van der Waals surface area contributed by atoms with Crippen molar-refractivity contribution in [3.63, 3.8) is 0 Å². The average molecular weight is 442 g/mol. The van der Waals surface area contributed by atoms with Crippen LogP contribution in [0.4, 0.5) is 10.5 Å². The highest BCUT2D eigenvalue weighted by Crippen LogP contribution is 2.32. The highest BCUT2D eigenvalue weighted by atomic mass is 32.2. The molecular weight excluding hydrogens is 414 g/mol. The molecule has 0 atom stereocenters. The lowest BCUT2D eigenvalue weighted by Crippen LogP contribution is -2.38. The molecule has 7 nitrogen and oxygen atoms in total. The number of rotatable bonds is 6. The van der Waals surface area contributed by atoms with E-state index in [1.807, 2.05) is 66.1 Å². The van der Waals surface area contributed by atoms with E-state index < -0.39 is 0 Å². The van der Waals surface area contributed by atoms with Gasteiger partial charge in [-0.2, -0.15) is 11.8 Å². The smallest absolute Gasteiger partial charge is 0.322 e. The zero-order chi connectivity index (χ0) is 21.6. The van der Waals surface area contributed by atoms with Crippen LogP contribution in [-0.4, -0.2) is 59.7 Å². The van der Waals surface area contributed by atoms with Gasteiger partial charge in [0.15, 0.2) is 11.5 Å². The molecule has 0 spiro atoms. The third-order valence-electron chi connectivity index (χ3n) is 5.40. The highest BCUT2D eigenvalue weighted by molar-refractivity contribution is 7.99. The summed E-state index contributed by atoms with van der Waals surface area (Å²) >= 11 is 1.89. The molecule has 1 N–H and O–H groups in total. The molecule has 0 unspecified atom stereocenters. The Kier molecular flexibility index (Phi) is 6.86. The van der Waals surface area contributed by atoms with Crippen molar-refractivity contribution in [3.05, 3.63) is 53.6 Å². The molecule has 0 bridgehead atoms. The van der Waals surface area contributed by atoms with E-state index in [4.69, 9.17) is 9.47 Å². The lowest BCUT2D eigenvalue weighted by atomic mass is 10.1. The number of thioether (sulfide) groups is 1. The van der Waals surface area contributed by atoms with Crippen molar-refractivity contribution in [2.45, 2.75) is 19.9 Å². The van der Waals surface area contributed by atoms with Crippen molar-refractivity contribution >= 4 is 29.4 Å². The standard InChI is InChI=1S/C23H27N3O4S/c1-2-25(15-18-5-8-20-21(13-18)30-16-29-20)23(28)24-19-6-3-17(4-7-19)14-22(27)26-9-11-31-12-10-26/h3-8,13H,2,9-12,14-16H2,1H3,(H,24,28). The summed E-state index contributed by atoms with van der Waals surface area (Å²) in [6.07, 6.45) is 0.393. The topological polar surface area (TPSA) is 71.1 Å². The molecule has 1 saturated heterocycles. The van der Waals surface area contributed by atoms with Crippen molar-refractivity contribution in [2.24, 2.45) is 0 Å². The Morgan fingerprint density at radius 2 is 1.74 bits per heavy atom. The highest BCUT2D eigenvalue weighted by Gasteiger charge is 2.18. The van der Waals surface area contributed by atoms with Gasteiger partial charge in [0, 0.05) is 43.4 Å². The minimum Gasteiger partial charge on any atom is -0.454 e. The number of amides is 3. The lowest BCUT2D eigenvalue weighted by molar-refractivity contribution is -0.130. The number of nitrogens with one attached hydrogen (secondary N) is 1. The quantitative estimate of drug-likeness (QED) is 0.742. The molecule has 2 aliphatic heterocycles. The zero-order valence-corrected chi connectivity index (χ0v) is 18.5. The molecule has 8 heteroatoms. The van der Waals surface area contributed by atoms with Crippen LogP contribution < -0.4 is 14.8 Å². The monoisotopic (exact) mass is 441 g/mol. The summed E-state index contributed by atoms with van der Waals surface area (Å²) in [6.45, 7) is 4.87. The summed E-state index contributed by atoms with van der Waals surface area (Å²) in [5, 5.41) is 2.94. The van der Waals surface area contributed by atoms with Crippen LogP contribution >= 0.6 is 11.8 Å². The van der Waals surface area contributed by atoms with Crippen molar-refractivity contribution in [3.8, 4) is 11.5 Å². The van der Waals surface area contributed by atoms with Gasteiger partial charge in [-0.25, -0.2) is 4.79 Å². The summed E-state index contributed by atoms with van der Waals surface area (Å²) in [6, 6.07) is 13.0. The molecule has 0 saturated carbocycles. The van der Waals surface area contributed by atoms with Gasteiger partial charge in [0.05, 0.1) is 6.42 Å².